The second-order valence-corrected chi connectivity index (χ2v) is 6.45. The van der Waals surface area contributed by atoms with E-state index in [1.165, 1.54) is 32.1 Å². The maximum absolute atomic E-state index is 10.9. The summed E-state index contributed by atoms with van der Waals surface area (Å²) >= 11 is 0. The lowest BCUT2D eigenvalue weighted by Gasteiger charge is -2.08. The highest BCUT2D eigenvalue weighted by Crippen LogP contribution is 2.23. The number of carboxylic acids is 1. The summed E-state index contributed by atoms with van der Waals surface area (Å²) in [5.41, 5.74) is 2.35. The Kier molecular flexibility index (Phi) is 8.47. The molecule has 0 aliphatic carbocycles. The zero-order valence-electron chi connectivity index (χ0n) is 15.3. The number of carbonyl (C=O) groups is 1. The van der Waals surface area contributed by atoms with Crippen molar-refractivity contribution >= 4 is 5.97 Å². The Bertz CT molecular complexity index is 672. The van der Waals surface area contributed by atoms with Gasteiger partial charge in [0.25, 0.3) is 0 Å². The van der Waals surface area contributed by atoms with Gasteiger partial charge in [0.1, 0.15) is 5.75 Å². The molecule has 0 radical (unpaired) electrons. The predicted molar refractivity (Wildman–Crippen MR) is 107 cm³/mol. The van der Waals surface area contributed by atoms with Gasteiger partial charge in [0.2, 0.25) is 0 Å². The number of benzene rings is 2. The Morgan fingerprint density at radius 3 is 1.96 bits per heavy atom. The van der Waals surface area contributed by atoms with Crippen molar-refractivity contribution in [3.8, 4) is 16.9 Å². The van der Waals surface area contributed by atoms with Crippen LogP contribution < -0.4 is 4.74 Å². The summed E-state index contributed by atoms with van der Waals surface area (Å²) in [6.45, 7) is 4.49. The Balaban J connectivity index is 1.69. The predicted octanol–water partition coefficient (Wildman–Crippen LogP) is 6.35. The van der Waals surface area contributed by atoms with E-state index in [0.717, 1.165) is 36.3 Å². The third-order valence-corrected chi connectivity index (χ3v) is 4.39. The van der Waals surface area contributed by atoms with Crippen LogP contribution in [0.1, 0.15) is 55.3 Å². The van der Waals surface area contributed by atoms with Crippen molar-refractivity contribution in [3.63, 3.8) is 0 Å². The van der Waals surface area contributed by atoms with Crippen LogP contribution in [0.15, 0.2) is 61.2 Å². The monoisotopic (exact) mass is 352 g/mol. The molecule has 0 spiro atoms. The normalized spacial score (nSPS) is 10.5. The number of hydrogen-bond donors (Lipinski definition) is 1. The van der Waals surface area contributed by atoms with Gasteiger partial charge in [0, 0.05) is 0 Å². The minimum absolute atomic E-state index is 0.300. The molecular formula is C23H28O3. The van der Waals surface area contributed by atoms with E-state index in [4.69, 9.17) is 9.84 Å². The highest BCUT2D eigenvalue weighted by Gasteiger charge is 2.03. The lowest BCUT2D eigenvalue weighted by atomic mass is 10.0. The van der Waals surface area contributed by atoms with Crippen LogP contribution in [-0.2, 0) is 0 Å². The van der Waals surface area contributed by atoms with Gasteiger partial charge in [-0.05, 0) is 54.7 Å². The third kappa shape index (κ3) is 6.75. The maximum atomic E-state index is 10.9. The van der Waals surface area contributed by atoms with E-state index in [-0.39, 0.29) is 0 Å². The van der Waals surface area contributed by atoms with Crippen LogP contribution in [0, 0.1) is 0 Å². The fourth-order valence-electron chi connectivity index (χ4n) is 2.84. The van der Waals surface area contributed by atoms with Gasteiger partial charge in [-0.2, -0.15) is 0 Å². The van der Waals surface area contributed by atoms with Gasteiger partial charge >= 0.3 is 5.97 Å². The average Bonchev–Trinajstić information content (AvgIpc) is 2.67. The fraction of sp³-hybridized carbons (Fsp3) is 0.348. The summed E-state index contributed by atoms with van der Waals surface area (Å²) in [5, 5.41) is 8.95. The molecule has 3 nitrogen and oxygen atoms in total. The molecule has 0 aliphatic heterocycles. The molecule has 0 fully saturated rings. The van der Waals surface area contributed by atoms with Gasteiger partial charge in [0.05, 0.1) is 12.2 Å². The van der Waals surface area contributed by atoms with E-state index >= 15 is 0 Å². The van der Waals surface area contributed by atoms with Gasteiger partial charge in [-0.25, -0.2) is 4.79 Å². The number of allylic oxidation sites excluding steroid dienone is 1. The molecule has 0 aliphatic rings. The van der Waals surface area contributed by atoms with Crippen LogP contribution in [0.4, 0.5) is 0 Å². The number of ether oxygens (including phenoxy) is 1. The highest BCUT2D eigenvalue weighted by molar-refractivity contribution is 5.88. The zero-order valence-corrected chi connectivity index (χ0v) is 15.3. The van der Waals surface area contributed by atoms with Gasteiger partial charge < -0.3 is 9.84 Å². The Labute approximate surface area is 156 Å². The minimum Gasteiger partial charge on any atom is -0.494 e. The van der Waals surface area contributed by atoms with Crippen LogP contribution in [0.2, 0.25) is 0 Å². The summed E-state index contributed by atoms with van der Waals surface area (Å²) < 4.78 is 5.80. The molecule has 0 heterocycles. The molecule has 0 saturated heterocycles. The number of rotatable bonds is 12. The van der Waals surface area contributed by atoms with Crippen molar-refractivity contribution < 1.29 is 14.6 Å². The number of aromatic carboxylic acids is 1. The maximum Gasteiger partial charge on any atom is 0.335 e. The Morgan fingerprint density at radius 1 is 0.846 bits per heavy atom. The van der Waals surface area contributed by atoms with Crippen LogP contribution in [0.5, 0.6) is 5.75 Å². The van der Waals surface area contributed by atoms with Crippen molar-refractivity contribution in [2.24, 2.45) is 0 Å². The van der Waals surface area contributed by atoms with E-state index in [1.807, 2.05) is 42.5 Å². The molecule has 0 amide bonds. The first-order valence-corrected chi connectivity index (χ1v) is 9.38. The van der Waals surface area contributed by atoms with Crippen molar-refractivity contribution in [2.75, 3.05) is 6.61 Å². The van der Waals surface area contributed by atoms with Crippen LogP contribution in [-0.4, -0.2) is 17.7 Å². The molecule has 2 aromatic rings. The summed E-state index contributed by atoms with van der Waals surface area (Å²) in [7, 11) is 0. The van der Waals surface area contributed by atoms with Crippen LogP contribution >= 0.6 is 0 Å². The Hall–Kier alpha value is -2.55. The van der Waals surface area contributed by atoms with E-state index in [2.05, 4.69) is 6.58 Å². The second-order valence-electron chi connectivity index (χ2n) is 6.45. The molecule has 2 aromatic carbocycles. The first kappa shape index (κ1) is 19.8. The molecule has 2 rings (SSSR count). The van der Waals surface area contributed by atoms with Gasteiger partial charge in [0.15, 0.2) is 0 Å². The molecular weight excluding hydrogens is 324 g/mol. The fourth-order valence-corrected chi connectivity index (χ4v) is 2.84. The SMILES string of the molecule is C=CCCCCCCCCOc1ccc(-c2ccc(C(=O)O)cc2)cc1. The van der Waals surface area contributed by atoms with Crippen molar-refractivity contribution in [2.45, 2.75) is 44.9 Å². The summed E-state index contributed by atoms with van der Waals surface area (Å²) in [6.07, 6.45) is 10.5. The quantitative estimate of drug-likeness (QED) is 0.358. The summed E-state index contributed by atoms with van der Waals surface area (Å²) in [4.78, 5) is 10.9. The third-order valence-electron chi connectivity index (χ3n) is 4.39. The second kappa shape index (κ2) is 11.1. The van der Waals surface area contributed by atoms with E-state index in [9.17, 15) is 4.79 Å². The van der Waals surface area contributed by atoms with Gasteiger partial charge in [-0.15, -0.1) is 6.58 Å². The van der Waals surface area contributed by atoms with Gasteiger partial charge in [-0.3, -0.25) is 0 Å². The topological polar surface area (TPSA) is 46.5 Å². The van der Waals surface area contributed by atoms with Crippen molar-refractivity contribution in [1.82, 2.24) is 0 Å². The average molecular weight is 352 g/mol. The molecule has 0 unspecified atom stereocenters. The Morgan fingerprint density at radius 2 is 1.38 bits per heavy atom. The molecule has 1 N–H and O–H groups in total. The molecule has 26 heavy (non-hydrogen) atoms. The molecule has 0 aromatic heterocycles. The summed E-state index contributed by atoms with van der Waals surface area (Å²) in [5.74, 6) is -0.0287. The first-order chi connectivity index (χ1) is 12.7. The molecule has 0 bridgehead atoms. The van der Waals surface area contributed by atoms with E-state index < -0.39 is 5.97 Å². The van der Waals surface area contributed by atoms with Crippen LogP contribution in [0.25, 0.3) is 11.1 Å². The number of carboxylic acid groups (broad SMARTS) is 1. The number of hydrogen-bond acceptors (Lipinski definition) is 2. The highest BCUT2D eigenvalue weighted by atomic mass is 16.5. The minimum atomic E-state index is -0.905. The molecule has 3 heteroatoms. The lowest BCUT2D eigenvalue weighted by molar-refractivity contribution is 0.0697. The van der Waals surface area contributed by atoms with Gasteiger partial charge in [-0.1, -0.05) is 56.0 Å². The first-order valence-electron chi connectivity index (χ1n) is 9.38. The van der Waals surface area contributed by atoms with E-state index in [1.54, 1.807) is 12.1 Å². The van der Waals surface area contributed by atoms with Crippen molar-refractivity contribution in [1.29, 1.82) is 0 Å². The van der Waals surface area contributed by atoms with Crippen LogP contribution in [0.3, 0.4) is 0 Å². The smallest absolute Gasteiger partial charge is 0.335 e. The lowest BCUT2D eigenvalue weighted by Crippen LogP contribution is -1.97. The standard InChI is InChI=1S/C23H28O3/c1-2-3-4-5-6-7-8-9-18-26-22-16-14-20(15-17-22)19-10-12-21(13-11-19)23(24)25/h2,10-17H,1,3-9,18H2,(H,24,25). The zero-order chi connectivity index (χ0) is 18.6. The molecule has 0 saturated carbocycles. The molecule has 0 atom stereocenters. The van der Waals surface area contributed by atoms with Crippen molar-refractivity contribution in [3.05, 3.63) is 66.7 Å². The largest absolute Gasteiger partial charge is 0.494 e. The van der Waals surface area contributed by atoms with E-state index in [0.29, 0.717) is 5.56 Å². The summed E-state index contributed by atoms with van der Waals surface area (Å²) in [6, 6.07) is 14.8. The molecule has 138 valence electrons. The number of unbranched alkanes of at least 4 members (excludes halogenated alkanes) is 6.